The SMILES string of the molecule is c1ccc(-n2c3ccccc3c3c4ccccc4n(-c4cccc(-c5cccc(-n6c7ccccc7c7c8ccccc8n(-c8ccccc8)c76)n5)c4)c32)cc1. The van der Waals surface area contributed by atoms with Crippen LogP contribution in [0.4, 0.5) is 0 Å². The van der Waals surface area contributed by atoms with Crippen LogP contribution in [0.15, 0.2) is 200 Å². The Kier molecular flexibility index (Phi) is 6.56. The Morgan fingerprint density at radius 3 is 1.21 bits per heavy atom. The van der Waals surface area contributed by atoms with Gasteiger partial charge in [0.15, 0.2) is 0 Å². The molecule has 0 aliphatic heterocycles. The zero-order valence-electron chi connectivity index (χ0n) is 30.3. The molecule has 0 N–H and O–H groups in total. The number of para-hydroxylation sites is 6. The van der Waals surface area contributed by atoms with Crippen LogP contribution >= 0.6 is 0 Å². The summed E-state index contributed by atoms with van der Waals surface area (Å²) in [5.41, 5.74) is 12.2. The summed E-state index contributed by atoms with van der Waals surface area (Å²) in [4.78, 5) is 5.47. The number of rotatable bonds is 5. The van der Waals surface area contributed by atoms with Crippen molar-refractivity contribution in [3.8, 4) is 34.1 Å². The van der Waals surface area contributed by atoms with Gasteiger partial charge in [0.1, 0.15) is 17.1 Å². The second-order valence-electron chi connectivity index (χ2n) is 14.4. The van der Waals surface area contributed by atoms with Crippen LogP contribution in [0.25, 0.3) is 99.8 Å². The molecule has 0 amide bonds. The standard InChI is InChI=1S/C51H33N5/c1-3-18-35(19-4-1)53-43-28-11-7-23-38(43)48-40-25-9-13-30-45(40)55(50(48)53)37-22-15-17-34(33-37)42-27-16-32-47(52-42)56-46-31-14-10-26-41(46)49-39-24-8-12-29-44(39)54(51(49)56)36-20-5-2-6-21-36/h1-33H. The minimum atomic E-state index is 0.872. The fraction of sp³-hybridized carbons (Fsp3) is 0. The number of hydrogen-bond donors (Lipinski definition) is 0. The summed E-state index contributed by atoms with van der Waals surface area (Å²) in [6.45, 7) is 0. The summed E-state index contributed by atoms with van der Waals surface area (Å²) < 4.78 is 9.55. The van der Waals surface area contributed by atoms with Gasteiger partial charge in [-0.2, -0.15) is 0 Å². The van der Waals surface area contributed by atoms with Crippen molar-refractivity contribution in [3.05, 3.63) is 200 Å². The van der Waals surface area contributed by atoms with Crippen molar-refractivity contribution in [2.24, 2.45) is 0 Å². The lowest BCUT2D eigenvalue weighted by Gasteiger charge is -2.15. The van der Waals surface area contributed by atoms with Crippen molar-refractivity contribution in [1.82, 2.24) is 23.3 Å². The first-order valence-corrected chi connectivity index (χ1v) is 19.1. The average Bonchev–Trinajstić information content (AvgIpc) is 3.99. The Morgan fingerprint density at radius 2 is 0.696 bits per heavy atom. The van der Waals surface area contributed by atoms with Gasteiger partial charge in [0, 0.05) is 54.9 Å². The van der Waals surface area contributed by atoms with E-state index in [1.54, 1.807) is 0 Å². The van der Waals surface area contributed by atoms with Gasteiger partial charge in [0.2, 0.25) is 0 Å². The van der Waals surface area contributed by atoms with E-state index in [1.165, 1.54) is 48.9 Å². The molecule has 5 nitrogen and oxygen atoms in total. The zero-order valence-corrected chi connectivity index (χ0v) is 30.3. The lowest BCUT2D eigenvalue weighted by Crippen LogP contribution is -2.04. The van der Waals surface area contributed by atoms with Gasteiger partial charge in [-0.15, -0.1) is 0 Å². The lowest BCUT2D eigenvalue weighted by molar-refractivity contribution is 1.02. The highest BCUT2D eigenvalue weighted by molar-refractivity contribution is 6.23. The fourth-order valence-electron chi connectivity index (χ4n) is 9.08. The molecule has 5 aromatic heterocycles. The van der Waals surface area contributed by atoms with Crippen LogP contribution in [0.1, 0.15) is 0 Å². The summed E-state index contributed by atoms with van der Waals surface area (Å²) in [6, 6.07) is 71.5. The van der Waals surface area contributed by atoms with Gasteiger partial charge in [-0.1, -0.05) is 127 Å². The number of pyridine rings is 1. The lowest BCUT2D eigenvalue weighted by atomic mass is 10.1. The van der Waals surface area contributed by atoms with Gasteiger partial charge in [0.05, 0.1) is 27.8 Å². The van der Waals surface area contributed by atoms with Crippen molar-refractivity contribution >= 4 is 65.7 Å². The molecule has 7 aromatic carbocycles. The highest BCUT2D eigenvalue weighted by Gasteiger charge is 2.24. The second-order valence-corrected chi connectivity index (χ2v) is 14.4. The van der Waals surface area contributed by atoms with Crippen LogP contribution in [0.5, 0.6) is 0 Å². The first kappa shape index (κ1) is 30.8. The van der Waals surface area contributed by atoms with Gasteiger partial charge < -0.3 is 0 Å². The number of aromatic nitrogens is 5. The van der Waals surface area contributed by atoms with Crippen LogP contribution in [0.2, 0.25) is 0 Å². The monoisotopic (exact) mass is 715 g/mol. The van der Waals surface area contributed by atoms with Gasteiger partial charge in [-0.05, 0) is 72.8 Å². The van der Waals surface area contributed by atoms with Crippen LogP contribution in [-0.4, -0.2) is 23.3 Å². The van der Waals surface area contributed by atoms with Crippen LogP contribution in [-0.2, 0) is 0 Å². The van der Waals surface area contributed by atoms with Gasteiger partial charge >= 0.3 is 0 Å². The number of fused-ring (bicyclic) bond motifs is 10. The van der Waals surface area contributed by atoms with Crippen molar-refractivity contribution in [1.29, 1.82) is 0 Å². The topological polar surface area (TPSA) is 32.6 Å². The molecule has 0 fully saturated rings. The molecule has 5 heterocycles. The first-order chi connectivity index (χ1) is 27.8. The van der Waals surface area contributed by atoms with Gasteiger partial charge in [0.25, 0.3) is 0 Å². The summed E-state index contributed by atoms with van der Waals surface area (Å²) in [5.74, 6) is 0.872. The van der Waals surface area contributed by atoms with Crippen molar-refractivity contribution in [3.63, 3.8) is 0 Å². The molecule has 262 valence electrons. The van der Waals surface area contributed by atoms with E-state index in [1.807, 2.05) is 0 Å². The van der Waals surface area contributed by atoms with E-state index in [2.05, 4.69) is 218 Å². The van der Waals surface area contributed by atoms with Crippen LogP contribution in [0, 0.1) is 0 Å². The van der Waals surface area contributed by atoms with E-state index < -0.39 is 0 Å². The van der Waals surface area contributed by atoms with E-state index in [0.29, 0.717) is 0 Å². The third kappa shape index (κ3) is 4.34. The highest BCUT2D eigenvalue weighted by atomic mass is 15.2. The number of nitrogens with zero attached hydrogens (tertiary/aromatic N) is 5. The van der Waals surface area contributed by atoms with E-state index in [9.17, 15) is 0 Å². The molecule has 0 bridgehead atoms. The normalized spacial score (nSPS) is 11.9. The second kappa shape index (κ2) is 11.9. The molecule has 0 unspecified atom stereocenters. The molecule has 12 rings (SSSR count). The Hall–Kier alpha value is -7.63. The smallest absolute Gasteiger partial charge is 0.139 e. The van der Waals surface area contributed by atoms with Gasteiger partial charge in [-0.25, -0.2) is 4.98 Å². The molecule has 56 heavy (non-hydrogen) atoms. The molecular formula is C51H33N5. The zero-order chi connectivity index (χ0) is 36.7. The molecule has 0 aliphatic rings. The predicted octanol–water partition coefficient (Wildman–Crippen LogP) is 12.8. The highest BCUT2D eigenvalue weighted by Crippen LogP contribution is 2.42. The Morgan fingerprint density at radius 1 is 0.304 bits per heavy atom. The third-order valence-electron chi connectivity index (χ3n) is 11.3. The molecule has 0 radical (unpaired) electrons. The molecule has 0 spiro atoms. The maximum atomic E-state index is 5.47. The Labute approximate surface area is 322 Å². The predicted molar refractivity (Wildman–Crippen MR) is 232 cm³/mol. The van der Waals surface area contributed by atoms with E-state index in [4.69, 9.17) is 4.98 Å². The molecule has 0 atom stereocenters. The maximum Gasteiger partial charge on any atom is 0.139 e. The maximum absolute atomic E-state index is 5.47. The minimum absolute atomic E-state index is 0.872. The summed E-state index contributed by atoms with van der Waals surface area (Å²) >= 11 is 0. The molecule has 5 heteroatoms. The fourth-order valence-corrected chi connectivity index (χ4v) is 9.08. The molecular weight excluding hydrogens is 683 g/mol. The molecule has 0 saturated carbocycles. The van der Waals surface area contributed by atoms with Crippen molar-refractivity contribution < 1.29 is 0 Å². The molecule has 0 saturated heterocycles. The summed E-state index contributed by atoms with van der Waals surface area (Å²) in [5, 5.41) is 7.39. The van der Waals surface area contributed by atoms with Crippen molar-refractivity contribution in [2.75, 3.05) is 0 Å². The average molecular weight is 716 g/mol. The van der Waals surface area contributed by atoms with Gasteiger partial charge in [-0.3, -0.25) is 18.3 Å². The van der Waals surface area contributed by atoms with E-state index in [0.717, 1.165) is 50.9 Å². The third-order valence-corrected chi connectivity index (χ3v) is 11.3. The summed E-state index contributed by atoms with van der Waals surface area (Å²) in [7, 11) is 0. The van der Waals surface area contributed by atoms with Crippen molar-refractivity contribution in [2.45, 2.75) is 0 Å². The first-order valence-electron chi connectivity index (χ1n) is 19.1. The largest absolute Gasteiger partial charge is 0.295 e. The minimum Gasteiger partial charge on any atom is -0.295 e. The Balaban J connectivity index is 1.10. The quantitative estimate of drug-likeness (QED) is 0.175. The van der Waals surface area contributed by atoms with Crippen LogP contribution in [0.3, 0.4) is 0 Å². The van der Waals surface area contributed by atoms with E-state index >= 15 is 0 Å². The van der Waals surface area contributed by atoms with Crippen LogP contribution < -0.4 is 0 Å². The number of hydrogen-bond acceptors (Lipinski definition) is 1. The van der Waals surface area contributed by atoms with E-state index in [-0.39, 0.29) is 0 Å². The summed E-state index contributed by atoms with van der Waals surface area (Å²) in [6.07, 6.45) is 0. The molecule has 12 aromatic rings. The molecule has 0 aliphatic carbocycles. The Bertz CT molecular complexity index is 3240. The number of benzene rings is 7.